The third-order valence-electron chi connectivity index (χ3n) is 4.62. The lowest BCUT2D eigenvalue weighted by Crippen LogP contribution is -2.43. The normalized spacial score (nSPS) is 18.6. The number of piperidine rings is 1. The fourth-order valence-electron chi connectivity index (χ4n) is 3.25. The first kappa shape index (κ1) is 18.6. The summed E-state index contributed by atoms with van der Waals surface area (Å²) in [7, 11) is -3.63. The first-order valence-electron chi connectivity index (χ1n) is 8.78. The standard InChI is InChI=1S/C18H23N3O4S/c1-3-15-8-4-5-10-21(15)26(23,24)16-9-6-7-14(12-16)18(22)19-17-11-13(2)25-20-17/h6-7,9,11-12,15H,3-5,8,10H2,1-2H3,(H,19,20,22). The summed E-state index contributed by atoms with van der Waals surface area (Å²) in [6, 6.07) is 7.73. The van der Waals surface area contributed by atoms with Gasteiger partial charge in [0.15, 0.2) is 5.82 Å². The number of amides is 1. The van der Waals surface area contributed by atoms with E-state index in [0.717, 1.165) is 25.7 Å². The fourth-order valence-corrected chi connectivity index (χ4v) is 5.06. The van der Waals surface area contributed by atoms with Crippen LogP contribution in [0.5, 0.6) is 0 Å². The summed E-state index contributed by atoms with van der Waals surface area (Å²) < 4.78 is 32.6. The number of benzene rings is 1. The van der Waals surface area contributed by atoms with Gasteiger partial charge < -0.3 is 9.84 Å². The monoisotopic (exact) mass is 377 g/mol. The molecule has 1 aromatic carbocycles. The van der Waals surface area contributed by atoms with E-state index in [4.69, 9.17) is 4.52 Å². The van der Waals surface area contributed by atoms with E-state index in [9.17, 15) is 13.2 Å². The first-order valence-corrected chi connectivity index (χ1v) is 10.2. The average molecular weight is 377 g/mol. The zero-order valence-electron chi connectivity index (χ0n) is 14.9. The van der Waals surface area contributed by atoms with Gasteiger partial charge in [0.2, 0.25) is 10.0 Å². The molecule has 3 rings (SSSR count). The number of sulfonamides is 1. The molecule has 0 saturated carbocycles. The van der Waals surface area contributed by atoms with E-state index in [-0.39, 0.29) is 16.5 Å². The van der Waals surface area contributed by atoms with Crippen LogP contribution in [0.15, 0.2) is 39.8 Å². The van der Waals surface area contributed by atoms with Crippen LogP contribution in [0.3, 0.4) is 0 Å². The van der Waals surface area contributed by atoms with Gasteiger partial charge in [-0.05, 0) is 44.4 Å². The molecule has 1 atom stereocenters. The number of hydrogen-bond donors (Lipinski definition) is 1. The highest BCUT2D eigenvalue weighted by Crippen LogP contribution is 2.27. The minimum atomic E-state index is -3.63. The highest BCUT2D eigenvalue weighted by atomic mass is 32.2. The highest BCUT2D eigenvalue weighted by molar-refractivity contribution is 7.89. The lowest BCUT2D eigenvalue weighted by molar-refractivity contribution is 0.102. The maximum absolute atomic E-state index is 13.1. The molecule has 1 saturated heterocycles. The maximum atomic E-state index is 13.1. The van der Waals surface area contributed by atoms with Crippen LogP contribution in [-0.2, 0) is 10.0 Å². The van der Waals surface area contributed by atoms with Crippen molar-refractivity contribution in [3.8, 4) is 0 Å². The Morgan fingerprint density at radius 3 is 2.85 bits per heavy atom. The molecule has 2 aromatic rings. The SMILES string of the molecule is CCC1CCCCN1S(=O)(=O)c1cccc(C(=O)Nc2cc(C)on2)c1. The third kappa shape index (κ3) is 3.81. The van der Waals surface area contributed by atoms with Crippen molar-refractivity contribution in [2.24, 2.45) is 0 Å². The molecule has 1 N–H and O–H groups in total. The van der Waals surface area contributed by atoms with Crippen LogP contribution >= 0.6 is 0 Å². The molecule has 1 amide bonds. The molecule has 2 heterocycles. The Labute approximate surface area is 153 Å². The summed E-state index contributed by atoms with van der Waals surface area (Å²) in [5.74, 6) is 0.441. The molecule has 7 nitrogen and oxygen atoms in total. The summed E-state index contributed by atoms with van der Waals surface area (Å²) in [6.07, 6.45) is 3.57. The molecular weight excluding hydrogens is 354 g/mol. The smallest absolute Gasteiger partial charge is 0.256 e. The summed E-state index contributed by atoms with van der Waals surface area (Å²) in [5.41, 5.74) is 0.261. The summed E-state index contributed by atoms with van der Waals surface area (Å²) >= 11 is 0. The molecule has 140 valence electrons. The van der Waals surface area contributed by atoms with Crippen LogP contribution < -0.4 is 5.32 Å². The Kier molecular flexibility index (Phi) is 5.43. The molecule has 1 fully saturated rings. The van der Waals surface area contributed by atoms with Gasteiger partial charge in [-0.25, -0.2) is 8.42 Å². The Morgan fingerprint density at radius 1 is 1.35 bits per heavy atom. The van der Waals surface area contributed by atoms with Gasteiger partial charge in [-0.2, -0.15) is 4.31 Å². The number of carbonyl (C=O) groups is 1. The second kappa shape index (κ2) is 7.59. The van der Waals surface area contributed by atoms with E-state index < -0.39 is 15.9 Å². The zero-order chi connectivity index (χ0) is 18.7. The van der Waals surface area contributed by atoms with E-state index in [1.807, 2.05) is 6.92 Å². The molecular formula is C18H23N3O4S. The minimum Gasteiger partial charge on any atom is -0.360 e. The van der Waals surface area contributed by atoms with Crippen molar-refractivity contribution >= 4 is 21.7 Å². The lowest BCUT2D eigenvalue weighted by atomic mass is 10.0. The van der Waals surface area contributed by atoms with Crippen molar-refractivity contribution in [2.75, 3.05) is 11.9 Å². The second-order valence-corrected chi connectivity index (χ2v) is 8.37. The Morgan fingerprint density at radius 2 is 2.15 bits per heavy atom. The third-order valence-corrected chi connectivity index (χ3v) is 6.56. The summed E-state index contributed by atoms with van der Waals surface area (Å²) in [6.45, 7) is 4.25. The number of hydrogen-bond acceptors (Lipinski definition) is 5. The zero-order valence-corrected chi connectivity index (χ0v) is 15.8. The van der Waals surface area contributed by atoms with Gasteiger partial charge in [-0.1, -0.05) is 24.6 Å². The molecule has 1 aliphatic rings. The molecule has 0 radical (unpaired) electrons. The van der Waals surface area contributed by atoms with Crippen molar-refractivity contribution in [1.29, 1.82) is 0 Å². The van der Waals surface area contributed by atoms with Crippen LogP contribution in [0.25, 0.3) is 0 Å². The molecule has 8 heteroatoms. The van der Waals surface area contributed by atoms with Gasteiger partial charge in [0.1, 0.15) is 5.76 Å². The van der Waals surface area contributed by atoms with Crippen LogP contribution in [0.2, 0.25) is 0 Å². The van der Waals surface area contributed by atoms with Gasteiger partial charge in [0, 0.05) is 24.2 Å². The number of anilines is 1. The van der Waals surface area contributed by atoms with Crippen molar-refractivity contribution in [1.82, 2.24) is 9.46 Å². The van der Waals surface area contributed by atoms with Crippen molar-refractivity contribution in [3.63, 3.8) is 0 Å². The Balaban J connectivity index is 1.84. The number of nitrogens with one attached hydrogen (secondary N) is 1. The van der Waals surface area contributed by atoms with Gasteiger partial charge in [0.25, 0.3) is 5.91 Å². The molecule has 26 heavy (non-hydrogen) atoms. The van der Waals surface area contributed by atoms with E-state index in [0.29, 0.717) is 18.1 Å². The first-order chi connectivity index (χ1) is 12.4. The molecule has 1 unspecified atom stereocenters. The quantitative estimate of drug-likeness (QED) is 0.864. The predicted molar refractivity (Wildman–Crippen MR) is 97.5 cm³/mol. The molecule has 0 bridgehead atoms. The van der Waals surface area contributed by atoms with Gasteiger partial charge in [-0.15, -0.1) is 0 Å². The molecule has 0 aliphatic carbocycles. The topological polar surface area (TPSA) is 92.5 Å². The average Bonchev–Trinajstić information content (AvgIpc) is 3.06. The fraction of sp³-hybridized carbons (Fsp3) is 0.444. The van der Waals surface area contributed by atoms with E-state index in [2.05, 4.69) is 10.5 Å². The van der Waals surface area contributed by atoms with Gasteiger partial charge in [-0.3, -0.25) is 4.79 Å². The Bertz CT molecular complexity index is 891. The van der Waals surface area contributed by atoms with Crippen LogP contribution in [0.1, 0.15) is 48.7 Å². The van der Waals surface area contributed by atoms with Gasteiger partial charge >= 0.3 is 0 Å². The number of nitrogens with zero attached hydrogens (tertiary/aromatic N) is 2. The number of aryl methyl sites for hydroxylation is 1. The van der Waals surface area contributed by atoms with Crippen molar-refractivity contribution in [3.05, 3.63) is 41.7 Å². The lowest BCUT2D eigenvalue weighted by Gasteiger charge is -2.34. The largest absolute Gasteiger partial charge is 0.360 e. The number of rotatable bonds is 5. The van der Waals surface area contributed by atoms with E-state index in [1.165, 1.54) is 12.1 Å². The van der Waals surface area contributed by atoms with E-state index >= 15 is 0 Å². The van der Waals surface area contributed by atoms with E-state index in [1.54, 1.807) is 29.4 Å². The second-order valence-electron chi connectivity index (χ2n) is 6.48. The molecule has 1 aromatic heterocycles. The predicted octanol–water partition coefficient (Wildman–Crippen LogP) is 3.19. The maximum Gasteiger partial charge on any atom is 0.256 e. The van der Waals surface area contributed by atoms with Crippen molar-refractivity contribution < 1.29 is 17.7 Å². The number of aromatic nitrogens is 1. The highest BCUT2D eigenvalue weighted by Gasteiger charge is 2.32. The Hall–Kier alpha value is -2.19. The van der Waals surface area contributed by atoms with Crippen LogP contribution in [-0.4, -0.2) is 36.4 Å². The summed E-state index contributed by atoms with van der Waals surface area (Å²) in [4.78, 5) is 12.5. The minimum absolute atomic E-state index is 0.0179. The van der Waals surface area contributed by atoms with Crippen LogP contribution in [0, 0.1) is 6.92 Å². The number of carbonyl (C=O) groups excluding carboxylic acids is 1. The van der Waals surface area contributed by atoms with Crippen LogP contribution in [0.4, 0.5) is 5.82 Å². The van der Waals surface area contributed by atoms with Crippen molar-refractivity contribution in [2.45, 2.75) is 50.5 Å². The van der Waals surface area contributed by atoms with Gasteiger partial charge in [0.05, 0.1) is 4.90 Å². The summed E-state index contributed by atoms with van der Waals surface area (Å²) in [5, 5.41) is 6.32. The molecule has 0 spiro atoms. The molecule has 1 aliphatic heterocycles.